The molecule has 1 amide bonds. The first kappa shape index (κ1) is 19.2. The van der Waals surface area contributed by atoms with Gasteiger partial charge < -0.3 is 20.5 Å². The van der Waals surface area contributed by atoms with Gasteiger partial charge in [-0.3, -0.25) is 4.79 Å². The zero-order valence-corrected chi connectivity index (χ0v) is 15.2. The number of ether oxygens (including phenoxy) is 1. The maximum absolute atomic E-state index is 12.2. The minimum Gasteiger partial charge on any atom is -0.489 e. The number of aliphatic hydroxyl groups is 1. The van der Waals surface area contributed by atoms with Crippen molar-refractivity contribution in [1.29, 1.82) is 0 Å². The van der Waals surface area contributed by atoms with Crippen molar-refractivity contribution in [2.24, 2.45) is 5.73 Å². The van der Waals surface area contributed by atoms with E-state index < -0.39 is 12.1 Å². The fraction of sp³-hybridized carbons (Fsp3) is 0.316. The molecule has 1 unspecified atom stereocenters. The lowest BCUT2D eigenvalue weighted by Crippen LogP contribution is -2.57. The highest BCUT2D eigenvalue weighted by Crippen LogP contribution is 2.20. The van der Waals surface area contributed by atoms with Crippen LogP contribution in [0.15, 0.2) is 48.5 Å². The molecule has 134 valence electrons. The third kappa shape index (κ3) is 4.95. The van der Waals surface area contributed by atoms with Gasteiger partial charge in [-0.25, -0.2) is 0 Å². The predicted molar refractivity (Wildman–Crippen MR) is 98.6 cm³/mol. The molecule has 0 saturated heterocycles. The molecule has 0 aliphatic rings. The highest BCUT2D eigenvalue weighted by Gasteiger charge is 2.34. The molecular formula is C19H23ClN2O3. The third-order valence-corrected chi connectivity index (χ3v) is 4.28. The summed E-state index contributed by atoms with van der Waals surface area (Å²) in [5, 5.41) is 10.2. The van der Waals surface area contributed by atoms with E-state index in [1.165, 1.54) is 4.90 Å². The van der Waals surface area contributed by atoms with Gasteiger partial charge in [0, 0.05) is 31.1 Å². The number of nitrogens with zero attached hydrogens (tertiary/aromatic N) is 1. The Morgan fingerprint density at radius 3 is 2.40 bits per heavy atom. The molecular weight excluding hydrogens is 340 g/mol. The van der Waals surface area contributed by atoms with E-state index in [9.17, 15) is 9.90 Å². The molecule has 6 heteroatoms. The van der Waals surface area contributed by atoms with Crippen LogP contribution in [-0.4, -0.2) is 42.2 Å². The Morgan fingerprint density at radius 2 is 1.84 bits per heavy atom. The van der Waals surface area contributed by atoms with Gasteiger partial charge in [0.2, 0.25) is 5.91 Å². The van der Waals surface area contributed by atoms with Crippen LogP contribution in [0.5, 0.6) is 5.75 Å². The van der Waals surface area contributed by atoms with Gasteiger partial charge in [-0.1, -0.05) is 41.9 Å². The van der Waals surface area contributed by atoms with Crippen molar-refractivity contribution in [2.45, 2.75) is 18.6 Å². The molecule has 2 aromatic carbocycles. The summed E-state index contributed by atoms with van der Waals surface area (Å²) < 4.78 is 5.73. The lowest BCUT2D eigenvalue weighted by Gasteiger charge is -2.29. The predicted octanol–water partition coefficient (Wildman–Crippen LogP) is 2.24. The highest BCUT2D eigenvalue weighted by atomic mass is 35.5. The second-order valence-corrected chi connectivity index (χ2v) is 6.62. The standard InChI is InChI=1S/C19H23ClN2O3/c1-22(2)18(24)19(21,13-23)11-14-7-9-16(10-8-14)25-12-15-5-3-4-6-17(15)20/h3-10,23H,11-13,21H2,1-2H3. The molecule has 0 spiro atoms. The lowest BCUT2D eigenvalue weighted by molar-refractivity contribution is -0.135. The van der Waals surface area contributed by atoms with E-state index in [0.717, 1.165) is 11.1 Å². The van der Waals surface area contributed by atoms with Crippen LogP contribution in [0.2, 0.25) is 5.02 Å². The molecule has 0 aromatic heterocycles. The minimum atomic E-state index is -1.33. The van der Waals surface area contributed by atoms with E-state index >= 15 is 0 Å². The van der Waals surface area contributed by atoms with Crippen molar-refractivity contribution in [3.8, 4) is 5.75 Å². The van der Waals surface area contributed by atoms with E-state index in [1.54, 1.807) is 14.1 Å². The minimum absolute atomic E-state index is 0.241. The molecule has 2 aromatic rings. The van der Waals surface area contributed by atoms with Crippen LogP contribution in [0.25, 0.3) is 0 Å². The van der Waals surface area contributed by atoms with Crippen LogP contribution in [0.1, 0.15) is 11.1 Å². The van der Waals surface area contributed by atoms with Gasteiger partial charge in [0.15, 0.2) is 0 Å². The van der Waals surface area contributed by atoms with Gasteiger partial charge in [-0.05, 0) is 23.8 Å². The number of rotatable bonds is 7. The molecule has 1 atom stereocenters. The molecule has 25 heavy (non-hydrogen) atoms. The molecule has 0 heterocycles. The SMILES string of the molecule is CN(C)C(=O)C(N)(CO)Cc1ccc(OCc2ccccc2Cl)cc1. The summed E-state index contributed by atoms with van der Waals surface area (Å²) in [4.78, 5) is 13.5. The summed E-state index contributed by atoms with van der Waals surface area (Å²) in [6.07, 6.45) is 0.241. The molecule has 0 aliphatic heterocycles. The normalized spacial score (nSPS) is 13.2. The summed E-state index contributed by atoms with van der Waals surface area (Å²) in [7, 11) is 3.23. The number of likely N-dealkylation sites (N-methyl/N-ethyl adjacent to an activating group) is 1. The van der Waals surface area contributed by atoms with Gasteiger partial charge in [0.25, 0.3) is 0 Å². The summed E-state index contributed by atoms with van der Waals surface area (Å²) in [5.41, 5.74) is 6.50. The average Bonchev–Trinajstić information content (AvgIpc) is 2.61. The van der Waals surface area contributed by atoms with Gasteiger partial charge in [0.1, 0.15) is 17.9 Å². The Balaban J connectivity index is 2.02. The molecule has 0 aliphatic carbocycles. The molecule has 0 bridgehead atoms. The third-order valence-electron chi connectivity index (χ3n) is 3.91. The number of carbonyl (C=O) groups excluding carboxylic acids is 1. The Morgan fingerprint density at radius 1 is 1.20 bits per heavy atom. The number of carbonyl (C=O) groups is 1. The van der Waals surface area contributed by atoms with Crippen molar-refractivity contribution < 1.29 is 14.6 Å². The van der Waals surface area contributed by atoms with Crippen molar-refractivity contribution in [3.63, 3.8) is 0 Å². The second-order valence-electron chi connectivity index (χ2n) is 6.21. The molecule has 0 fully saturated rings. The smallest absolute Gasteiger partial charge is 0.244 e. The van der Waals surface area contributed by atoms with Crippen LogP contribution in [-0.2, 0) is 17.8 Å². The number of benzene rings is 2. The van der Waals surface area contributed by atoms with Crippen molar-refractivity contribution in [2.75, 3.05) is 20.7 Å². The lowest BCUT2D eigenvalue weighted by atomic mass is 9.91. The number of amides is 1. The maximum Gasteiger partial charge on any atom is 0.244 e. The monoisotopic (exact) mass is 362 g/mol. The second kappa shape index (κ2) is 8.34. The Hall–Kier alpha value is -2.08. The van der Waals surface area contributed by atoms with Gasteiger partial charge in [0.05, 0.1) is 6.61 Å². The zero-order chi connectivity index (χ0) is 18.4. The molecule has 0 radical (unpaired) electrons. The molecule has 0 saturated carbocycles. The molecule has 3 N–H and O–H groups in total. The molecule has 2 rings (SSSR count). The van der Waals surface area contributed by atoms with Gasteiger partial charge in [-0.2, -0.15) is 0 Å². The van der Waals surface area contributed by atoms with E-state index in [-0.39, 0.29) is 12.3 Å². The molecule has 5 nitrogen and oxygen atoms in total. The summed E-state index contributed by atoms with van der Waals surface area (Å²) in [6.45, 7) is -0.0512. The maximum atomic E-state index is 12.2. The first-order valence-electron chi connectivity index (χ1n) is 7.92. The summed E-state index contributed by atoms with van der Waals surface area (Å²) in [5.74, 6) is 0.378. The highest BCUT2D eigenvalue weighted by molar-refractivity contribution is 6.31. The summed E-state index contributed by atoms with van der Waals surface area (Å²) in [6, 6.07) is 14.8. The van der Waals surface area contributed by atoms with E-state index in [4.69, 9.17) is 22.1 Å². The first-order chi connectivity index (χ1) is 11.9. The van der Waals surface area contributed by atoms with Crippen molar-refractivity contribution >= 4 is 17.5 Å². The Kier molecular flexibility index (Phi) is 6.42. The number of halogens is 1. The zero-order valence-electron chi connectivity index (χ0n) is 14.4. The Bertz CT molecular complexity index is 719. The average molecular weight is 363 g/mol. The number of hydrogen-bond donors (Lipinski definition) is 2. The van der Waals surface area contributed by atoms with Crippen LogP contribution < -0.4 is 10.5 Å². The summed E-state index contributed by atoms with van der Waals surface area (Å²) >= 11 is 6.11. The van der Waals surface area contributed by atoms with Crippen molar-refractivity contribution in [3.05, 3.63) is 64.7 Å². The first-order valence-corrected chi connectivity index (χ1v) is 8.30. The van der Waals surface area contributed by atoms with Crippen LogP contribution >= 0.6 is 11.6 Å². The van der Waals surface area contributed by atoms with E-state index in [0.29, 0.717) is 17.4 Å². The largest absolute Gasteiger partial charge is 0.489 e. The van der Waals surface area contributed by atoms with Gasteiger partial charge >= 0.3 is 0 Å². The number of hydrogen-bond acceptors (Lipinski definition) is 4. The van der Waals surface area contributed by atoms with Gasteiger partial charge in [-0.15, -0.1) is 0 Å². The van der Waals surface area contributed by atoms with E-state index in [2.05, 4.69) is 0 Å². The van der Waals surface area contributed by atoms with Crippen LogP contribution in [0, 0.1) is 0 Å². The van der Waals surface area contributed by atoms with E-state index in [1.807, 2.05) is 48.5 Å². The fourth-order valence-electron chi connectivity index (χ4n) is 2.49. The topological polar surface area (TPSA) is 75.8 Å². The number of nitrogens with two attached hydrogens (primary N) is 1. The van der Waals surface area contributed by atoms with Crippen LogP contribution in [0.3, 0.4) is 0 Å². The van der Waals surface area contributed by atoms with Crippen LogP contribution in [0.4, 0.5) is 0 Å². The number of aliphatic hydroxyl groups excluding tert-OH is 1. The quantitative estimate of drug-likeness (QED) is 0.792. The fourth-order valence-corrected chi connectivity index (χ4v) is 2.68. The van der Waals surface area contributed by atoms with Crippen molar-refractivity contribution in [1.82, 2.24) is 4.90 Å². The Labute approximate surface area is 153 Å².